The van der Waals surface area contributed by atoms with Gasteiger partial charge in [0.15, 0.2) is 0 Å². The van der Waals surface area contributed by atoms with Crippen molar-refractivity contribution in [3.05, 3.63) is 29.1 Å². The third-order valence-corrected chi connectivity index (χ3v) is 3.21. The topological polar surface area (TPSA) is 24.9 Å². The summed E-state index contributed by atoms with van der Waals surface area (Å²) in [5, 5.41) is 3.64. The zero-order valence-corrected chi connectivity index (χ0v) is 12.4. The number of aromatic nitrogens is 1. The summed E-state index contributed by atoms with van der Waals surface area (Å²) in [6.45, 7) is 9.78. The van der Waals surface area contributed by atoms with E-state index in [0.717, 1.165) is 12.2 Å². The Bertz CT molecular complexity index is 327. The van der Waals surface area contributed by atoms with E-state index in [1.165, 1.54) is 43.4 Å². The van der Waals surface area contributed by atoms with E-state index in [4.69, 9.17) is 4.98 Å². The van der Waals surface area contributed by atoms with Gasteiger partial charge in [-0.05, 0) is 50.9 Å². The van der Waals surface area contributed by atoms with Crippen molar-refractivity contribution in [2.24, 2.45) is 0 Å². The van der Waals surface area contributed by atoms with Crippen molar-refractivity contribution in [1.82, 2.24) is 10.3 Å². The average Bonchev–Trinajstić information content (AvgIpc) is 2.32. The second-order valence-electron chi connectivity index (χ2n) is 5.21. The van der Waals surface area contributed by atoms with Crippen molar-refractivity contribution in [3.8, 4) is 0 Å². The molecular formula is C16H28N2. The zero-order valence-electron chi connectivity index (χ0n) is 12.4. The van der Waals surface area contributed by atoms with Gasteiger partial charge in [0.05, 0.1) is 5.69 Å². The first kappa shape index (κ1) is 15.2. The van der Waals surface area contributed by atoms with Crippen LogP contribution in [-0.4, -0.2) is 11.5 Å². The van der Waals surface area contributed by atoms with Crippen LogP contribution in [0.4, 0.5) is 0 Å². The average molecular weight is 248 g/mol. The van der Waals surface area contributed by atoms with E-state index in [9.17, 15) is 0 Å². The lowest BCUT2D eigenvalue weighted by molar-refractivity contribution is 0.464. The van der Waals surface area contributed by atoms with Crippen molar-refractivity contribution in [2.75, 3.05) is 6.54 Å². The van der Waals surface area contributed by atoms with E-state index in [0.29, 0.717) is 6.04 Å². The molecule has 0 aliphatic carbocycles. The van der Waals surface area contributed by atoms with Gasteiger partial charge in [0.1, 0.15) is 0 Å². The normalized spacial score (nSPS) is 12.7. The van der Waals surface area contributed by atoms with Crippen LogP contribution >= 0.6 is 0 Å². The van der Waals surface area contributed by atoms with Crippen molar-refractivity contribution in [2.45, 2.75) is 65.8 Å². The first-order chi connectivity index (χ1) is 8.67. The van der Waals surface area contributed by atoms with Gasteiger partial charge in [-0.25, -0.2) is 0 Å². The molecule has 1 aromatic rings. The van der Waals surface area contributed by atoms with Crippen molar-refractivity contribution in [1.29, 1.82) is 0 Å². The Morgan fingerprint density at radius 1 is 1.11 bits per heavy atom. The van der Waals surface area contributed by atoms with Gasteiger partial charge in [-0.1, -0.05) is 33.1 Å². The second kappa shape index (κ2) is 8.25. The molecule has 0 amide bonds. The van der Waals surface area contributed by atoms with Gasteiger partial charge in [-0.3, -0.25) is 4.98 Å². The van der Waals surface area contributed by atoms with Gasteiger partial charge in [-0.15, -0.1) is 0 Å². The van der Waals surface area contributed by atoms with Crippen LogP contribution < -0.4 is 5.32 Å². The number of hydrogen-bond donors (Lipinski definition) is 1. The molecule has 1 atom stereocenters. The minimum absolute atomic E-state index is 0.426. The third-order valence-electron chi connectivity index (χ3n) is 3.21. The fourth-order valence-electron chi connectivity index (χ4n) is 2.32. The maximum Gasteiger partial charge on any atom is 0.0579 e. The van der Waals surface area contributed by atoms with Crippen molar-refractivity contribution >= 4 is 0 Å². The summed E-state index contributed by atoms with van der Waals surface area (Å²) in [5.74, 6) is 0. The predicted molar refractivity (Wildman–Crippen MR) is 78.9 cm³/mol. The quantitative estimate of drug-likeness (QED) is 0.693. The summed E-state index contributed by atoms with van der Waals surface area (Å²) in [6.07, 6.45) is 6.25. The predicted octanol–water partition coefficient (Wildman–Crippen LogP) is 4.32. The van der Waals surface area contributed by atoms with Crippen LogP contribution in [0.3, 0.4) is 0 Å². The van der Waals surface area contributed by atoms with Crippen LogP contribution in [0.15, 0.2) is 12.1 Å². The highest BCUT2D eigenvalue weighted by atomic mass is 14.9. The molecule has 0 aliphatic heterocycles. The molecule has 1 rings (SSSR count). The molecule has 0 radical (unpaired) electrons. The highest BCUT2D eigenvalue weighted by Crippen LogP contribution is 2.20. The molecule has 1 unspecified atom stereocenters. The van der Waals surface area contributed by atoms with Gasteiger partial charge < -0.3 is 5.32 Å². The van der Waals surface area contributed by atoms with Crippen LogP contribution in [-0.2, 0) is 0 Å². The molecule has 2 nitrogen and oxygen atoms in total. The van der Waals surface area contributed by atoms with E-state index in [1.54, 1.807) is 0 Å². The molecule has 0 fully saturated rings. The molecule has 0 spiro atoms. The smallest absolute Gasteiger partial charge is 0.0579 e. The summed E-state index contributed by atoms with van der Waals surface area (Å²) in [4.78, 5) is 4.70. The van der Waals surface area contributed by atoms with E-state index in [1.807, 2.05) is 0 Å². The number of rotatable bonds is 8. The zero-order chi connectivity index (χ0) is 13.4. The van der Waals surface area contributed by atoms with Gasteiger partial charge in [-0.2, -0.15) is 0 Å². The number of unbranched alkanes of at least 4 members (excludes halogenated alkanes) is 2. The van der Waals surface area contributed by atoms with Crippen LogP contribution in [0.25, 0.3) is 0 Å². The summed E-state index contributed by atoms with van der Waals surface area (Å²) in [7, 11) is 0. The van der Waals surface area contributed by atoms with Crippen molar-refractivity contribution < 1.29 is 0 Å². The molecule has 102 valence electrons. The summed E-state index contributed by atoms with van der Waals surface area (Å²) in [5.41, 5.74) is 3.66. The summed E-state index contributed by atoms with van der Waals surface area (Å²) >= 11 is 0. The molecule has 0 aromatic carbocycles. The lowest BCUT2D eigenvalue weighted by Gasteiger charge is -2.19. The van der Waals surface area contributed by atoms with E-state index in [2.05, 4.69) is 45.1 Å². The number of pyridine rings is 1. The lowest BCUT2D eigenvalue weighted by Crippen LogP contribution is -2.23. The fourth-order valence-corrected chi connectivity index (χ4v) is 2.32. The Kier molecular flexibility index (Phi) is 6.96. The molecule has 2 heteroatoms. The highest BCUT2D eigenvalue weighted by molar-refractivity contribution is 5.21. The van der Waals surface area contributed by atoms with E-state index in [-0.39, 0.29) is 0 Å². The monoisotopic (exact) mass is 248 g/mol. The van der Waals surface area contributed by atoms with Gasteiger partial charge in [0.25, 0.3) is 0 Å². The summed E-state index contributed by atoms with van der Waals surface area (Å²) in [6, 6.07) is 4.80. The number of hydrogen-bond acceptors (Lipinski definition) is 2. The molecule has 0 bridgehead atoms. The first-order valence-electron chi connectivity index (χ1n) is 7.36. The molecule has 0 saturated heterocycles. The number of nitrogens with zero attached hydrogens (tertiary/aromatic N) is 1. The Balaban J connectivity index is 2.72. The van der Waals surface area contributed by atoms with Crippen LogP contribution in [0.5, 0.6) is 0 Å². The summed E-state index contributed by atoms with van der Waals surface area (Å²) < 4.78 is 0. The molecule has 0 saturated carbocycles. The standard InChI is InChI=1S/C16H28N2/c1-5-7-8-9-15(17-10-6-2)16-12-13(3)11-14(4)18-16/h11-12,15,17H,5-10H2,1-4H3. The maximum absolute atomic E-state index is 4.70. The van der Waals surface area contributed by atoms with Crippen LogP contribution in [0, 0.1) is 13.8 Å². The second-order valence-corrected chi connectivity index (χ2v) is 5.21. The van der Waals surface area contributed by atoms with Gasteiger partial charge >= 0.3 is 0 Å². The Morgan fingerprint density at radius 3 is 2.50 bits per heavy atom. The Hall–Kier alpha value is -0.890. The minimum atomic E-state index is 0.426. The fraction of sp³-hybridized carbons (Fsp3) is 0.688. The number of aryl methyl sites for hydroxylation is 2. The van der Waals surface area contributed by atoms with E-state index >= 15 is 0 Å². The molecule has 1 N–H and O–H groups in total. The van der Waals surface area contributed by atoms with E-state index < -0.39 is 0 Å². The Morgan fingerprint density at radius 2 is 1.89 bits per heavy atom. The molecular weight excluding hydrogens is 220 g/mol. The highest BCUT2D eigenvalue weighted by Gasteiger charge is 2.12. The minimum Gasteiger partial charge on any atom is -0.309 e. The maximum atomic E-state index is 4.70. The van der Waals surface area contributed by atoms with Crippen LogP contribution in [0.1, 0.15) is 68.9 Å². The van der Waals surface area contributed by atoms with Crippen LogP contribution in [0.2, 0.25) is 0 Å². The molecule has 1 heterocycles. The van der Waals surface area contributed by atoms with Crippen molar-refractivity contribution in [3.63, 3.8) is 0 Å². The SMILES string of the molecule is CCCCCC(NCCC)c1cc(C)cc(C)n1. The van der Waals surface area contributed by atoms with Gasteiger partial charge in [0.2, 0.25) is 0 Å². The third kappa shape index (κ3) is 5.18. The molecule has 18 heavy (non-hydrogen) atoms. The molecule has 0 aliphatic rings. The van der Waals surface area contributed by atoms with Gasteiger partial charge in [0, 0.05) is 11.7 Å². The molecule has 1 aromatic heterocycles. The number of nitrogens with one attached hydrogen (secondary N) is 1. The Labute approximate surface area is 112 Å². The largest absolute Gasteiger partial charge is 0.309 e. The first-order valence-corrected chi connectivity index (χ1v) is 7.36. The lowest BCUT2D eigenvalue weighted by atomic mass is 10.0.